The number of urea groups is 1. The molecule has 0 aromatic carbocycles. The highest BCUT2D eigenvalue weighted by Crippen LogP contribution is 2.22. The number of hydrogen-bond acceptors (Lipinski definition) is 6. The molecule has 1 saturated heterocycles. The number of carbonyl (C=O) groups excluding carboxylic acids is 4. The van der Waals surface area contributed by atoms with E-state index >= 15 is 0 Å². The maximum Gasteiger partial charge on any atom is 0.321 e. The molecule has 0 unspecified atom stereocenters. The molecule has 2 heterocycles. The lowest BCUT2D eigenvalue weighted by molar-refractivity contribution is -0.158. The van der Waals surface area contributed by atoms with Crippen LogP contribution in [-0.2, 0) is 25.7 Å². The van der Waals surface area contributed by atoms with Gasteiger partial charge in [0.05, 0.1) is 18.7 Å². The Morgan fingerprint density at radius 2 is 2.03 bits per heavy atom. The first-order valence-electron chi connectivity index (χ1n) is 10.0. The molecule has 2 aliphatic rings. The summed E-state index contributed by atoms with van der Waals surface area (Å²) in [5.41, 5.74) is 0. The van der Waals surface area contributed by atoms with Gasteiger partial charge in [0.2, 0.25) is 5.91 Å². The van der Waals surface area contributed by atoms with Gasteiger partial charge in [-0.1, -0.05) is 19.3 Å². The second-order valence-corrected chi connectivity index (χ2v) is 7.63. The summed E-state index contributed by atoms with van der Waals surface area (Å²) in [6, 6.07) is 2.97. The van der Waals surface area contributed by atoms with Gasteiger partial charge in [0.15, 0.2) is 6.10 Å². The predicted octanol–water partition coefficient (Wildman–Crippen LogP) is 1.72. The Bertz CT molecular complexity index is 741. The number of furan rings is 1. The van der Waals surface area contributed by atoms with E-state index in [2.05, 4.69) is 10.6 Å². The lowest BCUT2D eigenvalue weighted by atomic mass is 9.96. The third-order valence-corrected chi connectivity index (χ3v) is 5.31. The van der Waals surface area contributed by atoms with Crippen molar-refractivity contribution in [1.82, 2.24) is 15.5 Å². The van der Waals surface area contributed by atoms with E-state index in [-0.39, 0.29) is 31.5 Å². The third kappa shape index (κ3) is 5.82. The Morgan fingerprint density at radius 3 is 2.72 bits per heavy atom. The van der Waals surface area contributed by atoms with E-state index in [0.29, 0.717) is 5.76 Å². The topological polar surface area (TPSA) is 118 Å². The molecule has 1 aliphatic heterocycles. The smallest absolute Gasteiger partial charge is 0.321 e. The molecule has 2 N–H and O–H groups in total. The molecule has 1 aliphatic carbocycles. The first kappa shape index (κ1) is 20.9. The number of amides is 4. The minimum Gasteiger partial charge on any atom is -0.467 e. The van der Waals surface area contributed by atoms with Crippen LogP contribution in [0.25, 0.3) is 0 Å². The number of carbonyl (C=O) groups is 4. The zero-order valence-electron chi connectivity index (χ0n) is 16.5. The fraction of sp³-hybridized carbons (Fsp3) is 0.600. The molecule has 2 atom stereocenters. The van der Waals surface area contributed by atoms with E-state index in [0.717, 1.165) is 32.1 Å². The van der Waals surface area contributed by atoms with Crippen molar-refractivity contribution in [3.63, 3.8) is 0 Å². The van der Waals surface area contributed by atoms with Gasteiger partial charge in [-0.15, -0.1) is 0 Å². The predicted molar refractivity (Wildman–Crippen MR) is 101 cm³/mol. The van der Waals surface area contributed by atoms with Crippen molar-refractivity contribution < 1.29 is 28.3 Å². The number of nitrogens with one attached hydrogen (secondary N) is 2. The Morgan fingerprint density at radius 1 is 1.28 bits per heavy atom. The van der Waals surface area contributed by atoms with Crippen LogP contribution in [-0.4, -0.2) is 47.4 Å². The Hall–Kier alpha value is -2.84. The van der Waals surface area contributed by atoms with Crippen LogP contribution in [0.2, 0.25) is 0 Å². The average molecular weight is 405 g/mol. The number of esters is 1. The van der Waals surface area contributed by atoms with Gasteiger partial charge in [-0.3, -0.25) is 19.7 Å². The van der Waals surface area contributed by atoms with E-state index in [4.69, 9.17) is 9.15 Å². The van der Waals surface area contributed by atoms with E-state index in [1.165, 1.54) is 18.1 Å². The van der Waals surface area contributed by atoms with Crippen molar-refractivity contribution in [2.75, 3.05) is 6.54 Å². The molecule has 0 spiro atoms. The highest BCUT2D eigenvalue weighted by Gasteiger charge is 2.37. The molecular weight excluding hydrogens is 378 g/mol. The van der Waals surface area contributed by atoms with Crippen molar-refractivity contribution >= 4 is 23.8 Å². The fourth-order valence-electron chi connectivity index (χ4n) is 3.68. The molecule has 1 aromatic heterocycles. The quantitative estimate of drug-likeness (QED) is 0.696. The van der Waals surface area contributed by atoms with Gasteiger partial charge in [0, 0.05) is 19.0 Å². The van der Waals surface area contributed by atoms with E-state index in [1.54, 1.807) is 12.1 Å². The zero-order chi connectivity index (χ0) is 20.8. The summed E-state index contributed by atoms with van der Waals surface area (Å²) < 4.78 is 10.4. The van der Waals surface area contributed by atoms with Gasteiger partial charge in [0.1, 0.15) is 5.76 Å². The molecule has 1 aromatic rings. The van der Waals surface area contributed by atoms with E-state index < -0.39 is 29.9 Å². The minimum atomic E-state index is -1.13. The highest BCUT2D eigenvalue weighted by molar-refractivity contribution is 5.97. The molecule has 29 heavy (non-hydrogen) atoms. The van der Waals surface area contributed by atoms with Crippen molar-refractivity contribution in [3.8, 4) is 0 Å². The Kier molecular flexibility index (Phi) is 6.90. The van der Waals surface area contributed by atoms with Gasteiger partial charge in [-0.05, 0) is 31.9 Å². The van der Waals surface area contributed by atoms with Gasteiger partial charge in [-0.2, -0.15) is 0 Å². The van der Waals surface area contributed by atoms with Crippen molar-refractivity contribution in [2.24, 2.45) is 5.92 Å². The summed E-state index contributed by atoms with van der Waals surface area (Å²) in [6.45, 7) is 1.89. The van der Waals surface area contributed by atoms with Gasteiger partial charge in [-0.25, -0.2) is 4.79 Å². The molecule has 9 heteroatoms. The number of likely N-dealkylation sites (tertiary alicyclic amines) is 1. The van der Waals surface area contributed by atoms with Crippen LogP contribution in [0.3, 0.4) is 0 Å². The number of ether oxygens (including phenoxy) is 1. The van der Waals surface area contributed by atoms with Crippen LogP contribution in [0.4, 0.5) is 4.79 Å². The second kappa shape index (κ2) is 9.58. The van der Waals surface area contributed by atoms with Crippen LogP contribution < -0.4 is 10.6 Å². The maximum absolute atomic E-state index is 12.4. The van der Waals surface area contributed by atoms with Crippen LogP contribution >= 0.6 is 0 Å². The molecule has 9 nitrogen and oxygen atoms in total. The SMILES string of the molecule is C[C@@H](OC(=O)[C@@H]1CC(=O)N(Cc2ccco2)C1)C(=O)NC(=O)NC1CCCCC1. The highest BCUT2D eigenvalue weighted by atomic mass is 16.5. The van der Waals surface area contributed by atoms with Crippen molar-refractivity contribution in [2.45, 2.75) is 64.1 Å². The number of hydrogen-bond donors (Lipinski definition) is 2. The lowest BCUT2D eigenvalue weighted by Gasteiger charge is -2.23. The molecule has 3 rings (SSSR count). The Labute approximate surface area is 169 Å². The molecular formula is C20H27N3O6. The number of imide groups is 1. The summed E-state index contributed by atoms with van der Waals surface area (Å²) >= 11 is 0. The molecule has 4 amide bonds. The number of nitrogens with zero attached hydrogens (tertiary/aromatic N) is 1. The van der Waals surface area contributed by atoms with Gasteiger partial charge in [0.25, 0.3) is 5.91 Å². The second-order valence-electron chi connectivity index (χ2n) is 7.63. The summed E-state index contributed by atoms with van der Waals surface area (Å²) in [6.07, 6.45) is 5.49. The molecule has 1 saturated carbocycles. The Balaban J connectivity index is 1.42. The van der Waals surface area contributed by atoms with Crippen LogP contribution in [0.5, 0.6) is 0 Å². The van der Waals surface area contributed by atoms with Crippen molar-refractivity contribution in [3.05, 3.63) is 24.2 Å². The molecule has 0 bridgehead atoms. The monoisotopic (exact) mass is 405 g/mol. The minimum absolute atomic E-state index is 0.0239. The summed E-state index contributed by atoms with van der Waals surface area (Å²) in [4.78, 5) is 50.1. The van der Waals surface area contributed by atoms with Gasteiger partial charge >= 0.3 is 12.0 Å². The normalized spacial score (nSPS) is 20.9. The van der Waals surface area contributed by atoms with E-state index in [9.17, 15) is 19.2 Å². The summed E-state index contributed by atoms with van der Waals surface area (Å²) in [7, 11) is 0. The summed E-state index contributed by atoms with van der Waals surface area (Å²) in [5.74, 6) is -1.51. The van der Waals surface area contributed by atoms with E-state index in [1.807, 2.05) is 0 Å². The van der Waals surface area contributed by atoms with Crippen LogP contribution in [0.15, 0.2) is 22.8 Å². The molecule has 2 fully saturated rings. The number of rotatable bonds is 6. The lowest BCUT2D eigenvalue weighted by Crippen LogP contribution is -2.48. The van der Waals surface area contributed by atoms with Gasteiger partial charge < -0.3 is 19.4 Å². The zero-order valence-corrected chi connectivity index (χ0v) is 16.5. The van der Waals surface area contributed by atoms with Crippen LogP contribution in [0, 0.1) is 5.92 Å². The third-order valence-electron chi connectivity index (χ3n) is 5.31. The standard InChI is InChI=1S/C20H27N3O6/c1-13(18(25)22-20(27)21-15-6-3-2-4-7-15)29-19(26)14-10-17(24)23(11-14)12-16-8-5-9-28-16/h5,8-9,13-15H,2-4,6-7,10-12H2,1H3,(H2,21,22,25,27)/t13-,14-/m1/s1. The first-order valence-corrected chi connectivity index (χ1v) is 10.0. The first-order chi connectivity index (χ1) is 13.9. The molecule has 158 valence electrons. The average Bonchev–Trinajstić information content (AvgIpc) is 3.33. The maximum atomic E-state index is 12.4. The summed E-state index contributed by atoms with van der Waals surface area (Å²) in [5, 5.41) is 4.99. The van der Waals surface area contributed by atoms with Crippen LogP contribution in [0.1, 0.15) is 51.2 Å². The largest absolute Gasteiger partial charge is 0.467 e. The van der Waals surface area contributed by atoms with Crippen molar-refractivity contribution in [1.29, 1.82) is 0 Å². The fourth-order valence-corrected chi connectivity index (χ4v) is 3.68. The molecule has 0 radical (unpaired) electrons.